The van der Waals surface area contributed by atoms with Gasteiger partial charge in [0.15, 0.2) is 5.16 Å². The van der Waals surface area contributed by atoms with Crippen LogP contribution in [0.4, 0.5) is 14.5 Å². The molecule has 6 nitrogen and oxygen atoms in total. The van der Waals surface area contributed by atoms with Gasteiger partial charge in [0.2, 0.25) is 11.8 Å². The minimum absolute atomic E-state index is 0.00398. The molecular formula is C17H17F2N3O3S. The Kier molecular flexibility index (Phi) is 5.55. The first-order valence-corrected chi connectivity index (χ1v) is 9.13. The number of carbonyl (C=O) groups excluding carboxylic acids is 1. The van der Waals surface area contributed by atoms with E-state index in [1.807, 2.05) is 0 Å². The lowest BCUT2D eigenvalue weighted by atomic mass is 10.2. The number of rotatable bonds is 5. The van der Waals surface area contributed by atoms with E-state index in [9.17, 15) is 23.5 Å². The van der Waals surface area contributed by atoms with Crippen LogP contribution < -0.4 is 10.9 Å². The molecule has 1 amide bonds. The van der Waals surface area contributed by atoms with Gasteiger partial charge in [-0.2, -0.15) is 4.98 Å². The van der Waals surface area contributed by atoms with Gasteiger partial charge in [0.1, 0.15) is 11.6 Å². The molecule has 0 aliphatic heterocycles. The Morgan fingerprint density at radius 1 is 1.31 bits per heavy atom. The molecule has 26 heavy (non-hydrogen) atoms. The predicted octanol–water partition coefficient (Wildman–Crippen LogP) is 3.07. The Hall–Kier alpha value is -2.42. The number of hydrogen-bond donors (Lipinski definition) is 2. The highest BCUT2D eigenvalue weighted by atomic mass is 32.2. The van der Waals surface area contributed by atoms with Crippen molar-refractivity contribution in [2.75, 3.05) is 11.1 Å². The van der Waals surface area contributed by atoms with Crippen LogP contribution in [0.1, 0.15) is 31.7 Å². The van der Waals surface area contributed by atoms with Gasteiger partial charge in [-0.1, -0.05) is 24.6 Å². The third-order valence-electron chi connectivity index (χ3n) is 4.13. The molecule has 1 aliphatic carbocycles. The van der Waals surface area contributed by atoms with Gasteiger partial charge >= 0.3 is 0 Å². The fraction of sp³-hybridized carbons (Fsp3) is 0.353. The molecule has 0 saturated heterocycles. The van der Waals surface area contributed by atoms with Crippen molar-refractivity contribution in [3.63, 3.8) is 0 Å². The quantitative estimate of drug-likeness (QED) is 0.614. The second-order valence-corrected chi connectivity index (χ2v) is 6.95. The van der Waals surface area contributed by atoms with E-state index in [0.29, 0.717) is 6.07 Å². The molecular weight excluding hydrogens is 364 g/mol. The van der Waals surface area contributed by atoms with Gasteiger partial charge in [0.05, 0.1) is 17.5 Å². The maximum Gasteiger partial charge on any atom is 0.258 e. The van der Waals surface area contributed by atoms with E-state index in [-0.39, 0.29) is 28.2 Å². The average Bonchev–Trinajstić information content (AvgIpc) is 3.09. The van der Waals surface area contributed by atoms with Crippen LogP contribution in [0, 0.1) is 11.6 Å². The Bertz CT molecular complexity index is 882. The van der Waals surface area contributed by atoms with Gasteiger partial charge in [-0.15, -0.1) is 0 Å². The molecule has 1 heterocycles. The van der Waals surface area contributed by atoms with Gasteiger partial charge in [0, 0.05) is 12.1 Å². The lowest BCUT2D eigenvalue weighted by Crippen LogP contribution is -2.26. The summed E-state index contributed by atoms with van der Waals surface area (Å²) in [4.78, 5) is 28.2. The summed E-state index contributed by atoms with van der Waals surface area (Å²) in [5, 5.41) is 12.2. The second-order valence-electron chi connectivity index (χ2n) is 6.00. The predicted molar refractivity (Wildman–Crippen MR) is 93.4 cm³/mol. The van der Waals surface area contributed by atoms with Crippen LogP contribution in [-0.2, 0) is 4.79 Å². The van der Waals surface area contributed by atoms with Crippen LogP contribution in [0.25, 0.3) is 0 Å². The molecule has 1 saturated carbocycles. The van der Waals surface area contributed by atoms with E-state index in [1.54, 1.807) is 0 Å². The van der Waals surface area contributed by atoms with Crippen LogP contribution in [0.2, 0.25) is 0 Å². The molecule has 1 aliphatic rings. The summed E-state index contributed by atoms with van der Waals surface area (Å²) in [5.41, 5.74) is -0.495. The van der Waals surface area contributed by atoms with E-state index in [4.69, 9.17) is 0 Å². The first-order valence-electron chi connectivity index (χ1n) is 8.14. The van der Waals surface area contributed by atoms with Crippen molar-refractivity contribution in [1.29, 1.82) is 0 Å². The zero-order chi connectivity index (χ0) is 18.7. The number of amides is 1. The summed E-state index contributed by atoms with van der Waals surface area (Å²) in [6, 6.07) is 3.90. The van der Waals surface area contributed by atoms with Gasteiger partial charge in [-0.25, -0.2) is 8.78 Å². The van der Waals surface area contributed by atoms with Crippen LogP contribution in [-0.4, -0.2) is 26.3 Å². The highest BCUT2D eigenvalue weighted by molar-refractivity contribution is 7.99. The SMILES string of the molecule is O=C(CSc1nc(O)cc(=O)n1C1CCCC1)Nc1ccc(F)cc1F. The van der Waals surface area contributed by atoms with Crippen molar-refractivity contribution < 1.29 is 18.7 Å². The highest BCUT2D eigenvalue weighted by Gasteiger charge is 2.22. The maximum absolute atomic E-state index is 13.6. The summed E-state index contributed by atoms with van der Waals surface area (Å²) in [7, 11) is 0. The van der Waals surface area contributed by atoms with Crippen LogP contribution in [0.3, 0.4) is 0 Å². The number of thioether (sulfide) groups is 1. The minimum atomic E-state index is -0.873. The summed E-state index contributed by atoms with van der Waals surface area (Å²) in [6.45, 7) is 0. The standard InChI is InChI=1S/C17H17F2N3O3S/c18-10-5-6-13(12(19)7-10)20-15(24)9-26-17-21-14(23)8-16(25)22(17)11-3-1-2-4-11/h5-8,11,23H,1-4,9H2,(H,20,24). The molecule has 2 aromatic rings. The molecule has 1 fully saturated rings. The summed E-state index contributed by atoms with van der Waals surface area (Å²) in [5.74, 6) is -2.69. The maximum atomic E-state index is 13.6. The number of halogens is 2. The molecule has 9 heteroatoms. The second kappa shape index (κ2) is 7.86. The van der Waals surface area contributed by atoms with Crippen molar-refractivity contribution in [3.05, 3.63) is 46.3 Å². The number of benzene rings is 1. The van der Waals surface area contributed by atoms with Crippen LogP contribution in [0.15, 0.2) is 34.2 Å². The molecule has 1 aromatic carbocycles. The van der Waals surface area contributed by atoms with Gasteiger partial charge in [-0.3, -0.25) is 14.2 Å². The third kappa shape index (κ3) is 4.21. The molecule has 0 radical (unpaired) electrons. The Morgan fingerprint density at radius 3 is 2.73 bits per heavy atom. The Labute approximate surface area is 152 Å². The molecule has 138 valence electrons. The zero-order valence-electron chi connectivity index (χ0n) is 13.7. The van der Waals surface area contributed by atoms with Crippen molar-refractivity contribution in [2.24, 2.45) is 0 Å². The van der Waals surface area contributed by atoms with Crippen molar-refractivity contribution in [3.8, 4) is 5.88 Å². The highest BCUT2D eigenvalue weighted by Crippen LogP contribution is 2.31. The van der Waals surface area contributed by atoms with E-state index in [0.717, 1.165) is 55.6 Å². The number of hydrogen-bond acceptors (Lipinski definition) is 5. The summed E-state index contributed by atoms with van der Waals surface area (Å²) >= 11 is 0.982. The largest absolute Gasteiger partial charge is 0.493 e. The molecule has 0 unspecified atom stereocenters. The van der Waals surface area contributed by atoms with Crippen molar-refractivity contribution >= 4 is 23.4 Å². The number of nitrogens with zero attached hydrogens (tertiary/aromatic N) is 2. The van der Waals surface area contributed by atoms with Gasteiger partial charge in [-0.05, 0) is 25.0 Å². The Morgan fingerprint density at radius 2 is 2.04 bits per heavy atom. The fourth-order valence-electron chi connectivity index (χ4n) is 2.97. The first kappa shape index (κ1) is 18.4. The monoisotopic (exact) mass is 381 g/mol. The molecule has 1 aromatic heterocycles. The van der Waals surface area contributed by atoms with E-state index >= 15 is 0 Å². The van der Waals surface area contributed by atoms with Crippen molar-refractivity contribution in [1.82, 2.24) is 9.55 Å². The Balaban J connectivity index is 1.72. The number of aromatic hydroxyl groups is 1. The molecule has 0 atom stereocenters. The van der Waals surface area contributed by atoms with Gasteiger partial charge in [0.25, 0.3) is 5.56 Å². The number of anilines is 1. The van der Waals surface area contributed by atoms with E-state index in [1.165, 1.54) is 4.57 Å². The first-order chi connectivity index (χ1) is 12.4. The normalized spacial score (nSPS) is 14.5. The summed E-state index contributed by atoms with van der Waals surface area (Å²) in [6.07, 6.45) is 3.69. The average molecular weight is 381 g/mol. The van der Waals surface area contributed by atoms with E-state index in [2.05, 4.69) is 10.3 Å². The van der Waals surface area contributed by atoms with E-state index < -0.39 is 23.4 Å². The lowest BCUT2D eigenvalue weighted by molar-refractivity contribution is -0.113. The molecule has 2 N–H and O–H groups in total. The fourth-order valence-corrected chi connectivity index (χ4v) is 3.83. The molecule has 3 rings (SSSR count). The topological polar surface area (TPSA) is 84.2 Å². The lowest BCUT2D eigenvalue weighted by Gasteiger charge is -2.17. The summed E-state index contributed by atoms with van der Waals surface area (Å²) < 4.78 is 28.0. The van der Waals surface area contributed by atoms with Crippen molar-refractivity contribution in [2.45, 2.75) is 36.9 Å². The third-order valence-corrected chi connectivity index (χ3v) is 5.09. The smallest absolute Gasteiger partial charge is 0.258 e. The van der Waals surface area contributed by atoms with Crippen LogP contribution >= 0.6 is 11.8 Å². The molecule has 0 spiro atoms. The number of aromatic nitrogens is 2. The van der Waals surface area contributed by atoms with Crippen LogP contribution in [0.5, 0.6) is 5.88 Å². The number of nitrogens with one attached hydrogen (secondary N) is 1. The minimum Gasteiger partial charge on any atom is -0.493 e. The van der Waals surface area contributed by atoms with Gasteiger partial charge < -0.3 is 10.4 Å². The zero-order valence-corrected chi connectivity index (χ0v) is 14.6. The molecule has 0 bridgehead atoms. The number of carbonyl (C=O) groups is 1.